The third kappa shape index (κ3) is 3.17. The fourth-order valence-corrected chi connectivity index (χ4v) is 2.48. The minimum absolute atomic E-state index is 0.106. The van der Waals surface area contributed by atoms with Gasteiger partial charge in [-0.15, -0.1) is 0 Å². The van der Waals surface area contributed by atoms with Gasteiger partial charge in [0.25, 0.3) is 5.56 Å². The van der Waals surface area contributed by atoms with Crippen LogP contribution in [0.1, 0.15) is 26.7 Å². The zero-order valence-electron chi connectivity index (χ0n) is 13.0. The zero-order chi connectivity index (χ0) is 16.2. The van der Waals surface area contributed by atoms with Gasteiger partial charge >= 0.3 is 0 Å². The van der Waals surface area contributed by atoms with Crippen LogP contribution in [0.25, 0.3) is 10.8 Å². The Morgan fingerprint density at radius 1 is 1.32 bits per heavy atom. The normalized spacial score (nSPS) is 11.6. The van der Waals surface area contributed by atoms with Crippen LogP contribution in [-0.2, 0) is 11.3 Å². The molecule has 2 rings (SSSR count). The molecule has 2 aromatic rings. The molecule has 0 fully saturated rings. The molecule has 0 aliphatic rings. The number of amides is 1. The van der Waals surface area contributed by atoms with Crippen LogP contribution in [0.2, 0.25) is 0 Å². The molecule has 1 aromatic carbocycles. The summed E-state index contributed by atoms with van der Waals surface area (Å²) in [5.74, 6) is -0.251. The van der Waals surface area contributed by atoms with E-state index < -0.39 is 5.54 Å². The molecular weight excluding hydrogens is 280 g/mol. The Hall–Kier alpha value is -2.21. The lowest BCUT2D eigenvalue weighted by Crippen LogP contribution is -2.54. The van der Waals surface area contributed by atoms with Crippen LogP contribution < -0.4 is 16.6 Å². The Morgan fingerprint density at radius 3 is 2.64 bits per heavy atom. The number of benzene rings is 1. The highest BCUT2D eigenvalue weighted by atomic mass is 16.2. The van der Waals surface area contributed by atoms with E-state index in [9.17, 15) is 9.59 Å². The van der Waals surface area contributed by atoms with Gasteiger partial charge in [0.05, 0.1) is 17.1 Å². The summed E-state index contributed by atoms with van der Waals surface area (Å²) in [5, 5.41) is 8.33. The molecular formula is C16H22N4O2. The van der Waals surface area contributed by atoms with Crippen molar-refractivity contribution in [3.63, 3.8) is 0 Å². The first-order valence-corrected chi connectivity index (χ1v) is 7.51. The summed E-state index contributed by atoms with van der Waals surface area (Å²) in [6.45, 7) is 4.23. The second-order valence-corrected chi connectivity index (χ2v) is 5.43. The van der Waals surface area contributed by atoms with E-state index in [1.54, 1.807) is 18.3 Å². The summed E-state index contributed by atoms with van der Waals surface area (Å²) in [5.41, 5.74) is 5.09. The Labute approximate surface area is 129 Å². The van der Waals surface area contributed by atoms with Crippen molar-refractivity contribution in [3.8, 4) is 0 Å². The topological polar surface area (TPSA) is 90.0 Å². The second-order valence-electron chi connectivity index (χ2n) is 5.43. The highest BCUT2D eigenvalue weighted by Gasteiger charge is 2.26. The molecule has 0 bridgehead atoms. The molecule has 0 saturated heterocycles. The van der Waals surface area contributed by atoms with Gasteiger partial charge in [-0.3, -0.25) is 9.59 Å². The molecule has 1 heterocycles. The van der Waals surface area contributed by atoms with Crippen molar-refractivity contribution in [2.75, 3.05) is 6.54 Å². The molecule has 0 aliphatic carbocycles. The number of nitrogens with one attached hydrogen (secondary N) is 1. The number of nitrogens with two attached hydrogens (primary N) is 1. The number of rotatable bonds is 6. The van der Waals surface area contributed by atoms with Crippen LogP contribution >= 0.6 is 0 Å². The number of carbonyl (C=O) groups excluding carboxylic acids is 1. The summed E-state index contributed by atoms with van der Waals surface area (Å²) in [4.78, 5) is 24.6. The smallest absolute Gasteiger partial charge is 0.275 e. The first-order valence-electron chi connectivity index (χ1n) is 7.51. The van der Waals surface area contributed by atoms with Crippen molar-refractivity contribution in [3.05, 3.63) is 40.8 Å². The molecule has 0 saturated carbocycles. The van der Waals surface area contributed by atoms with E-state index in [1.807, 2.05) is 26.0 Å². The quantitative estimate of drug-likeness (QED) is 0.834. The van der Waals surface area contributed by atoms with E-state index in [-0.39, 0.29) is 18.0 Å². The van der Waals surface area contributed by atoms with Gasteiger partial charge in [-0.05, 0) is 18.9 Å². The molecule has 1 amide bonds. The number of hydrogen-bond acceptors (Lipinski definition) is 4. The number of nitrogens with zero attached hydrogens (tertiary/aromatic N) is 2. The van der Waals surface area contributed by atoms with Gasteiger partial charge < -0.3 is 11.1 Å². The fourth-order valence-electron chi connectivity index (χ4n) is 2.48. The van der Waals surface area contributed by atoms with Crippen LogP contribution in [0.15, 0.2) is 35.3 Å². The summed E-state index contributed by atoms with van der Waals surface area (Å²) in [6, 6.07) is 7.19. The number of aromatic nitrogens is 2. The third-order valence-corrected chi connectivity index (χ3v) is 4.20. The minimum atomic E-state index is -0.419. The van der Waals surface area contributed by atoms with Crippen LogP contribution in [0, 0.1) is 0 Å². The summed E-state index contributed by atoms with van der Waals surface area (Å²) in [7, 11) is 0. The lowest BCUT2D eigenvalue weighted by atomic mass is 9.93. The summed E-state index contributed by atoms with van der Waals surface area (Å²) in [6.07, 6.45) is 3.08. The fraction of sp³-hybridized carbons (Fsp3) is 0.438. The van der Waals surface area contributed by atoms with Crippen molar-refractivity contribution >= 4 is 16.7 Å². The third-order valence-electron chi connectivity index (χ3n) is 4.20. The van der Waals surface area contributed by atoms with Gasteiger partial charge in [0.2, 0.25) is 5.91 Å². The van der Waals surface area contributed by atoms with E-state index in [0.29, 0.717) is 11.9 Å². The number of hydrogen-bond donors (Lipinski definition) is 2. The molecule has 22 heavy (non-hydrogen) atoms. The Bertz CT molecular complexity index is 711. The van der Waals surface area contributed by atoms with Crippen molar-refractivity contribution in [1.82, 2.24) is 15.1 Å². The van der Waals surface area contributed by atoms with Crippen molar-refractivity contribution in [2.45, 2.75) is 38.8 Å². The summed E-state index contributed by atoms with van der Waals surface area (Å²) >= 11 is 0. The van der Waals surface area contributed by atoms with Gasteiger partial charge in [-0.25, -0.2) is 4.68 Å². The van der Waals surface area contributed by atoms with Crippen LogP contribution in [0.5, 0.6) is 0 Å². The standard InChI is InChI=1S/C16H22N4O2/c1-3-16(4-2,11-17)19-14(21)10-20-15(22)13-8-6-5-7-12(13)9-18-20/h5-9H,3-4,10-11,17H2,1-2H3,(H,19,21). The summed E-state index contributed by atoms with van der Waals surface area (Å²) < 4.78 is 1.18. The SMILES string of the molecule is CCC(CC)(CN)NC(=O)Cn1ncc2ccccc2c1=O. The van der Waals surface area contributed by atoms with Gasteiger partial charge in [0.15, 0.2) is 0 Å². The van der Waals surface area contributed by atoms with Crippen molar-refractivity contribution in [1.29, 1.82) is 0 Å². The highest BCUT2D eigenvalue weighted by molar-refractivity contribution is 5.81. The second kappa shape index (κ2) is 6.70. The average Bonchev–Trinajstić information content (AvgIpc) is 2.55. The maximum Gasteiger partial charge on any atom is 0.275 e. The largest absolute Gasteiger partial charge is 0.348 e. The lowest BCUT2D eigenvalue weighted by Gasteiger charge is -2.31. The molecule has 0 aliphatic heterocycles. The molecule has 0 spiro atoms. The van der Waals surface area contributed by atoms with Crippen LogP contribution in [-0.4, -0.2) is 27.8 Å². The first-order chi connectivity index (χ1) is 10.5. The minimum Gasteiger partial charge on any atom is -0.348 e. The Kier molecular flexibility index (Phi) is 4.92. The van der Waals surface area contributed by atoms with E-state index in [0.717, 1.165) is 18.2 Å². The molecule has 0 atom stereocenters. The predicted octanol–water partition coefficient (Wildman–Crippen LogP) is 1.03. The van der Waals surface area contributed by atoms with Crippen LogP contribution in [0.3, 0.4) is 0 Å². The van der Waals surface area contributed by atoms with E-state index in [4.69, 9.17) is 5.73 Å². The molecule has 0 radical (unpaired) electrons. The average molecular weight is 302 g/mol. The Morgan fingerprint density at radius 2 is 2.00 bits per heavy atom. The Balaban J connectivity index is 2.22. The zero-order valence-corrected chi connectivity index (χ0v) is 13.0. The molecule has 6 heteroatoms. The molecule has 3 N–H and O–H groups in total. The molecule has 1 aromatic heterocycles. The maximum absolute atomic E-state index is 12.3. The molecule has 118 valence electrons. The molecule has 0 unspecified atom stereocenters. The monoisotopic (exact) mass is 302 g/mol. The van der Waals surface area contributed by atoms with Crippen LogP contribution in [0.4, 0.5) is 0 Å². The number of carbonyl (C=O) groups is 1. The predicted molar refractivity (Wildman–Crippen MR) is 86.5 cm³/mol. The van der Waals surface area contributed by atoms with Crippen molar-refractivity contribution in [2.24, 2.45) is 5.73 Å². The first kappa shape index (κ1) is 16.2. The van der Waals surface area contributed by atoms with E-state index in [2.05, 4.69) is 10.4 Å². The van der Waals surface area contributed by atoms with E-state index >= 15 is 0 Å². The number of fused-ring (bicyclic) bond motifs is 1. The van der Waals surface area contributed by atoms with Gasteiger partial charge in [0, 0.05) is 11.9 Å². The lowest BCUT2D eigenvalue weighted by molar-refractivity contribution is -0.123. The van der Waals surface area contributed by atoms with E-state index in [1.165, 1.54) is 4.68 Å². The van der Waals surface area contributed by atoms with Gasteiger partial charge in [-0.1, -0.05) is 32.0 Å². The highest BCUT2D eigenvalue weighted by Crippen LogP contribution is 2.13. The molecule has 6 nitrogen and oxygen atoms in total. The van der Waals surface area contributed by atoms with Crippen molar-refractivity contribution < 1.29 is 4.79 Å². The van der Waals surface area contributed by atoms with Gasteiger partial charge in [-0.2, -0.15) is 5.10 Å². The maximum atomic E-state index is 12.3. The van der Waals surface area contributed by atoms with Gasteiger partial charge in [0.1, 0.15) is 6.54 Å².